The number of carbonyl (C=O) groups is 3. The van der Waals surface area contributed by atoms with Crippen molar-refractivity contribution in [1.29, 1.82) is 0 Å². The van der Waals surface area contributed by atoms with Crippen LogP contribution in [0.2, 0.25) is 0 Å². The van der Waals surface area contributed by atoms with E-state index in [0.29, 0.717) is 10.6 Å². The summed E-state index contributed by atoms with van der Waals surface area (Å²) in [6.07, 6.45) is -0.861. The number of amides is 3. The summed E-state index contributed by atoms with van der Waals surface area (Å²) in [5, 5.41) is 6.78. The largest absolute Gasteiger partial charge is 0.453 e. The van der Waals surface area contributed by atoms with E-state index in [1.807, 2.05) is 42.5 Å². The highest BCUT2D eigenvalue weighted by atomic mass is 32.1. The molecule has 1 aromatic heterocycles. The molecule has 0 bridgehead atoms. The number of alkyl carbamates (subject to hydrolysis) is 1. The van der Waals surface area contributed by atoms with Crippen molar-refractivity contribution in [2.75, 3.05) is 12.4 Å². The van der Waals surface area contributed by atoms with Crippen LogP contribution in [-0.4, -0.2) is 25.0 Å². The molecule has 0 saturated heterocycles. The van der Waals surface area contributed by atoms with Gasteiger partial charge in [-0.15, -0.1) is 11.3 Å². The Labute approximate surface area is 159 Å². The molecule has 3 amide bonds. The van der Waals surface area contributed by atoms with E-state index in [1.54, 1.807) is 17.5 Å². The fourth-order valence-electron chi connectivity index (χ4n) is 2.42. The molecule has 0 radical (unpaired) electrons. The fourth-order valence-corrected chi connectivity index (χ4v) is 3.20. The average Bonchev–Trinajstić information content (AvgIpc) is 3.17. The number of benzene rings is 2. The van der Waals surface area contributed by atoms with Crippen molar-refractivity contribution in [3.8, 4) is 11.1 Å². The normalized spacial score (nSPS) is 10.1. The highest BCUT2D eigenvalue weighted by Crippen LogP contribution is 2.25. The van der Waals surface area contributed by atoms with E-state index in [9.17, 15) is 14.4 Å². The number of carbonyl (C=O) groups excluding carboxylic acids is 3. The van der Waals surface area contributed by atoms with Crippen molar-refractivity contribution in [3.63, 3.8) is 0 Å². The standard InChI is InChI=1S/C20H16N2O4S/c1-26-20(25)22-18(24)16-11-12-27-19(16)21-17(23)15-9-7-14(8-10-15)13-5-3-2-4-6-13/h2-12H,1H3,(H,21,23)(H,22,24,25). The number of methoxy groups -OCH3 is 1. The van der Waals surface area contributed by atoms with Gasteiger partial charge in [0.1, 0.15) is 5.00 Å². The van der Waals surface area contributed by atoms with Gasteiger partial charge >= 0.3 is 6.09 Å². The van der Waals surface area contributed by atoms with Crippen molar-refractivity contribution in [2.24, 2.45) is 0 Å². The average molecular weight is 380 g/mol. The van der Waals surface area contributed by atoms with Crippen LogP contribution in [-0.2, 0) is 4.74 Å². The van der Waals surface area contributed by atoms with Crippen LogP contribution >= 0.6 is 11.3 Å². The lowest BCUT2D eigenvalue weighted by molar-refractivity contribution is 0.0938. The van der Waals surface area contributed by atoms with Crippen LogP contribution in [0.15, 0.2) is 66.0 Å². The minimum absolute atomic E-state index is 0.194. The number of hydrogen-bond donors (Lipinski definition) is 2. The molecule has 1 heterocycles. The summed E-state index contributed by atoms with van der Waals surface area (Å²) < 4.78 is 4.40. The van der Waals surface area contributed by atoms with Crippen molar-refractivity contribution in [1.82, 2.24) is 5.32 Å². The monoisotopic (exact) mass is 380 g/mol. The summed E-state index contributed by atoms with van der Waals surface area (Å²) in [5.74, 6) is -0.984. The molecule has 0 aliphatic carbocycles. The smallest absolute Gasteiger partial charge is 0.413 e. The van der Waals surface area contributed by atoms with Gasteiger partial charge in [0.25, 0.3) is 11.8 Å². The molecule has 0 fully saturated rings. The second kappa shape index (κ2) is 8.29. The summed E-state index contributed by atoms with van der Waals surface area (Å²) >= 11 is 1.19. The van der Waals surface area contributed by atoms with Crippen molar-refractivity contribution in [3.05, 3.63) is 77.2 Å². The SMILES string of the molecule is COC(=O)NC(=O)c1ccsc1NC(=O)c1ccc(-c2ccccc2)cc1. The summed E-state index contributed by atoms with van der Waals surface area (Å²) in [6, 6.07) is 18.5. The predicted molar refractivity (Wildman–Crippen MR) is 104 cm³/mol. The Morgan fingerprint density at radius 2 is 1.52 bits per heavy atom. The number of nitrogens with one attached hydrogen (secondary N) is 2. The summed E-state index contributed by atoms with van der Waals surface area (Å²) in [6.45, 7) is 0. The van der Waals surface area contributed by atoms with Crippen LogP contribution in [0, 0.1) is 0 Å². The summed E-state index contributed by atoms with van der Waals surface area (Å²) in [4.78, 5) is 35.7. The lowest BCUT2D eigenvalue weighted by atomic mass is 10.0. The molecule has 0 aliphatic rings. The van der Waals surface area contributed by atoms with Gasteiger partial charge in [-0.3, -0.25) is 14.9 Å². The van der Waals surface area contributed by atoms with Gasteiger partial charge in [0.15, 0.2) is 0 Å². The molecule has 0 aliphatic heterocycles. The third kappa shape index (κ3) is 4.39. The molecule has 6 nitrogen and oxygen atoms in total. The van der Waals surface area contributed by atoms with Crippen molar-refractivity contribution < 1.29 is 19.1 Å². The Balaban J connectivity index is 1.72. The molecule has 0 spiro atoms. The molecule has 2 N–H and O–H groups in total. The highest BCUT2D eigenvalue weighted by molar-refractivity contribution is 7.14. The zero-order valence-corrected chi connectivity index (χ0v) is 15.2. The highest BCUT2D eigenvalue weighted by Gasteiger charge is 2.18. The second-order valence-electron chi connectivity index (χ2n) is 5.51. The van der Waals surface area contributed by atoms with Gasteiger partial charge in [0.05, 0.1) is 12.7 Å². The number of ether oxygens (including phenoxy) is 1. The first-order chi connectivity index (χ1) is 13.1. The van der Waals surface area contributed by atoms with E-state index >= 15 is 0 Å². The number of imide groups is 1. The van der Waals surface area contributed by atoms with Crippen LogP contribution in [0.25, 0.3) is 11.1 Å². The number of anilines is 1. The van der Waals surface area contributed by atoms with Crippen LogP contribution in [0.4, 0.5) is 9.80 Å². The maximum Gasteiger partial charge on any atom is 0.413 e. The first-order valence-corrected chi connectivity index (χ1v) is 8.90. The van der Waals surface area contributed by atoms with E-state index in [1.165, 1.54) is 17.4 Å². The van der Waals surface area contributed by atoms with E-state index in [4.69, 9.17) is 0 Å². The van der Waals surface area contributed by atoms with Crippen molar-refractivity contribution >= 4 is 34.2 Å². The Hall–Kier alpha value is -3.45. The van der Waals surface area contributed by atoms with E-state index < -0.39 is 12.0 Å². The van der Waals surface area contributed by atoms with Gasteiger partial charge < -0.3 is 10.1 Å². The van der Waals surface area contributed by atoms with Crippen LogP contribution < -0.4 is 10.6 Å². The van der Waals surface area contributed by atoms with Gasteiger partial charge in [-0.2, -0.15) is 0 Å². The Kier molecular flexibility index (Phi) is 5.63. The molecule has 27 heavy (non-hydrogen) atoms. The lowest BCUT2D eigenvalue weighted by Crippen LogP contribution is -2.30. The zero-order valence-electron chi connectivity index (χ0n) is 14.4. The van der Waals surface area contributed by atoms with Crippen molar-refractivity contribution in [2.45, 2.75) is 0 Å². The topological polar surface area (TPSA) is 84.5 Å². The minimum atomic E-state index is -0.861. The molecular formula is C20H16N2O4S. The molecule has 7 heteroatoms. The van der Waals surface area contributed by atoms with E-state index in [2.05, 4.69) is 15.4 Å². The second-order valence-corrected chi connectivity index (χ2v) is 6.42. The van der Waals surface area contributed by atoms with Gasteiger partial charge in [0, 0.05) is 5.56 Å². The van der Waals surface area contributed by atoms with Crippen LogP contribution in [0.5, 0.6) is 0 Å². The maximum absolute atomic E-state index is 12.5. The third-order valence-electron chi connectivity index (χ3n) is 3.79. The number of hydrogen-bond acceptors (Lipinski definition) is 5. The Morgan fingerprint density at radius 3 is 2.19 bits per heavy atom. The quantitative estimate of drug-likeness (QED) is 0.712. The summed E-state index contributed by atoms with van der Waals surface area (Å²) in [5.41, 5.74) is 2.72. The van der Waals surface area contributed by atoms with Gasteiger partial charge in [-0.1, -0.05) is 42.5 Å². The molecule has 0 saturated carbocycles. The molecule has 2 aromatic carbocycles. The zero-order chi connectivity index (χ0) is 19.2. The molecule has 3 rings (SSSR count). The lowest BCUT2D eigenvalue weighted by Gasteiger charge is -2.07. The maximum atomic E-state index is 12.5. The molecule has 3 aromatic rings. The summed E-state index contributed by atoms with van der Waals surface area (Å²) in [7, 11) is 1.16. The Bertz CT molecular complexity index is 965. The molecule has 0 unspecified atom stereocenters. The third-order valence-corrected chi connectivity index (χ3v) is 4.62. The van der Waals surface area contributed by atoms with Crippen LogP contribution in [0.3, 0.4) is 0 Å². The molecular weight excluding hydrogens is 364 g/mol. The van der Waals surface area contributed by atoms with Crippen LogP contribution in [0.1, 0.15) is 20.7 Å². The van der Waals surface area contributed by atoms with Gasteiger partial charge in [-0.05, 0) is 34.7 Å². The Morgan fingerprint density at radius 1 is 0.852 bits per heavy atom. The first-order valence-electron chi connectivity index (χ1n) is 8.02. The predicted octanol–water partition coefficient (Wildman–Crippen LogP) is 4.16. The van der Waals surface area contributed by atoms with E-state index in [0.717, 1.165) is 18.2 Å². The van der Waals surface area contributed by atoms with Gasteiger partial charge in [-0.25, -0.2) is 4.79 Å². The molecule has 0 atom stereocenters. The van der Waals surface area contributed by atoms with E-state index in [-0.39, 0.29) is 11.5 Å². The molecule has 136 valence electrons. The first kappa shape index (κ1) is 18.3. The number of rotatable bonds is 4. The minimum Gasteiger partial charge on any atom is -0.453 e. The van der Waals surface area contributed by atoms with Gasteiger partial charge in [0.2, 0.25) is 0 Å². The fraction of sp³-hybridized carbons (Fsp3) is 0.0500. The number of thiophene rings is 1.